The minimum absolute atomic E-state index is 0.0566. The molecular weight excluding hydrogens is 250 g/mol. The van der Waals surface area contributed by atoms with Crippen LogP contribution in [-0.2, 0) is 14.3 Å². The maximum Gasteiger partial charge on any atom is 0.248 e. The lowest BCUT2D eigenvalue weighted by atomic mass is 10.3. The predicted molar refractivity (Wildman–Crippen MR) is 56.6 cm³/mol. The van der Waals surface area contributed by atoms with Gasteiger partial charge in [0.2, 0.25) is 5.91 Å². The first-order valence-corrected chi connectivity index (χ1v) is 5.93. The summed E-state index contributed by atoms with van der Waals surface area (Å²) in [6.07, 6.45) is 0.120. The van der Waals surface area contributed by atoms with Gasteiger partial charge in [-0.25, -0.2) is 0 Å². The Morgan fingerprint density at radius 2 is 2.50 bits per heavy atom. The monoisotopic (exact) mass is 265 g/mol. The summed E-state index contributed by atoms with van der Waals surface area (Å²) < 4.78 is 10.5. The summed E-state index contributed by atoms with van der Waals surface area (Å²) in [7, 11) is 0. The van der Waals surface area contributed by atoms with E-state index in [0.29, 0.717) is 26.3 Å². The maximum absolute atomic E-state index is 11.5. The van der Waals surface area contributed by atoms with Crippen LogP contribution in [0.1, 0.15) is 6.92 Å². The number of halogens is 1. The van der Waals surface area contributed by atoms with Crippen LogP contribution in [0.25, 0.3) is 0 Å². The first-order chi connectivity index (χ1) is 6.77. The number of hydrogen-bond acceptors (Lipinski definition) is 3. The number of morpholine rings is 1. The molecule has 1 amide bonds. The molecule has 0 radical (unpaired) electrons. The van der Waals surface area contributed by atoms with E-state index in [1.807, 2.05) is 6.92 Å². The van der Waals surface area contributed by atoms with Crippen LogP contribution in [0, 0.1) is 0 Å². The third-order valence-corrected chi connectivity index (χ3v) is 2.82. The number of ether oxygens (including phenoxy) is 2. The molecule has 4 nitrogen and oxygen atoms in total. The first-order valence-electron chi connectivity index (χ1n) is 4.81. The molecule has 0 bridgehead atoms. The van der Waals surface area contributed by atoms with Gasteiger partial charge in [-0.05, 0) is 6.92 Å². The van der Waals surface area contributed by atoms with Crippen LogP contribution in [0.3, 0.4) is 0 Å². The zero-order chi connectivity index (χ0) is 10.4. The van der Waals surface area contributed by atoms with Gasteiger partial charge < -0.3 is 14.4 Å². The summed E-state index contributed by atoms with van der Waals surface area (Å²) in [4.78, 5) is 13.3. The Hall–Kier alpha value is -0.130. The molecule has 0 spiro atoms. The van der Waals surface area contributed by atoms with Crippen molar-refractivity contribution in [2.24, 2.45) is 0 Å². The molecule has 0 aromatic carbocycles. The van der Waals surface area contributed by atoms with Crippen LogP contribution in [-0.4, -0.2) is 55.2 Å². The zero-order valence-electron chi connectivity index (χ0n) is 8.37. The summed E-state index contributed by atoms with van der Waals surface area (Å²) in [5.74, 6) is 0.0566. The molecule has 82 valence electrons. The highest BCUT2D eigenvalue weighted by Gasteiger charge is 2.22. The maximum atomic E-state index is 11.5. The largest absolute Gasteiger partial charge is 0.374 e. The molecular formula is C9H16BrNO3. The number of alkyl halides is 1. The van der Waals surface area contributed by atoms with Crippen molar-refractivity contribution >= 4 is 21.8 Å². The molecule has 1 unspecified atom stereocenters. The van der Waals surface area contributed by atoms with Gasteiger partial charge in [0.15, 0.2) is 0 Å². The SMILES string of the molecule is CCOCC(=O)N1CCOC(CBr)C1. The molecule has 0 aromatic heterocycles. The van der Waals surface area contributed by atoms with Crippen molar-refractivity contribution in [1.29, 1.82) is 0 Å². The highest BCUT2D eigenvalue weighted by Crippen LogP contribution is 2.07. The highest BCUT2D eigenvalue weighted by atomic mass is 79.9. The second-order valence-electron chi connectivity index (χ2n) is 3.12. The Morgan fingerprint density at radius 1 is 1.71 bits per heavy atom. The van der Waals surface area contributed by atoms with Gasteiger partial charge in [0.1, 0.15) is 6.61 Å². The van der Waals surface area contributed by atoms with Gasteiger partial charge in [0, 0.05) is 25.0 Å². The van der Waals surface area contributed by atoms with Crippen LogP contribution in [0.5, 0.6) is 0 Å². The Labute approximate surface area is 92.7 Å². The molecule has 1 aliphatic rings. The van der Waals surface area contributed by atoms with Crippen molar-refractivity contribution in [3.05, 3.63) is 0 Å². The minimum Gasteiger partial charge on any atom is -0.374 e. The number of nitrogens with zero attached hydrogens (tertiary/aromatic N) is 1. The van der Waals surface area contributed by atoms with E-state index in [2.05, 4.69) is 15.9 Å². The van der Waals surface area contributed by atoms with Crippen molar-refractivity contribution < 1.29 is 14.3 Å². The summed E-state index contributed by atoms with van der Waals surface area (Å²) in [6, 6.07) is 0. The smallest absolute Gasteiger partial charge is 0.248 e. The number of carbonyl (C=O) groups is 1. The lowest BCUT2D eigenvalue weighted by molar-refractivity contribution is -0.142. The lowest BCUT2D eigenvalue weighted by Crippen LogP contribution is -2.47. The second-order valence-corrected chi connectivity index (χ2v) is 3.77. The molecule has 1 fully saturated rings. The van der Waals surface area contributed by atoms with E-state index in [1.165, 1.54) is 0 Å². The number of amides is 1. The Balaban J connectivity index is 2.31. The average Bonchev–Trinajstić information content (AvgIpc) is 2.26. The summed E-state index contributed by atoms with van der Waals surface area (Å²) >= 11 is 3.35. The van der Waals surface area contributed by atoms with Gasteiger partial charge in [-0.2, -0.15) is 0 Å². The Morgan fingerprint density at radius 3 is 3.14 bits per heavy atom. The van der Waals surface area contributed by atoms with Crippen LogP contribution in [0.2, 0.25) is 0 Å². The Kier molecular flexibility index (Phi) is 5.44. The predicted octanol–water partition coefficient (Wildman–Crippen LogP) is 0.645. The van der Waals surface area contributed by atoms with Crippen LogP contribution >= 0.6 is 15.9 Å². The van der Waals surface area contributed by atoms with E-state index in [9.17, 15) is 4.79 Å². The molecule has 1 rings (SSSR count). The van der Waals surface area contributed by atoms with Crippen molar-refractivity contribution in [1.82, 2.24) is 4.90 Å². The van der Waals surface area contributed by atoms with E-state index in [-0.39, 0.29) is 18.6 Å². The summed E-state index contributed by atoms with van der Waals surface area (Å²) in [5.41, 5.74) is 0. The lowest BCUT2D eigenvalue weighted by Gasteiger charge is -2.32. The first kappa shape index (κ1) is 11.9. The molecule has 5 heteroatoms. The van der Waals surface area contributed by atoms with E-state index < -0.39 is 0 Å². The third-order valence-electron chi connectivity index (χ3n) is 2.09. The number of hydrogen-bond donors (Lipinski definition) is 0. The van der Waals surface area contributed by atoms with Crippen LogP contribution in [0.15, 0.2) is 0 Å². The van der Waals surface area contributed by atoms with Crippen molar-refractivity contribution in [3.8, 4) is 0 Å². The summed E-state index contributed by atoms with van der Waals surface area (Å²) in [5, 5.41) is 0.769. The fourth-order valence-electron chi connectivity index (χ4n) is 1.32. The molecule has 0 saturated carbocycles. The van der Waals surface area contributed by atoms with E-state index in [4.69, 9.17) is 9.47 Å². The Bertz CT molecular complexity index is 189. The average molecular weight is 266 g/mol. The number of rotatable bonds is 4. The van der Waals surface area contributed by atoms with Gasteiger partial charge in [-0.15, -0.1) is 0 Å². The fourth-order valence-corrected chi connectivity index (χ4v) is 1.71. The number of carbonyl (C=O) groups excluding carboxylic acids is 1. The van der Waals surface area contributed by atoms with E-state index >= 15 is 0 Å². The zero-order valence-corrected chi connectivity index (χ0v) is 9.96. The van der Waals surface area contributed by atoms with Gasteiger partial charge >= 0.3 is 0 Å². The summed E-state index contributed by atoms with van der Waals surface area (Å²) in [6.45, 7) is 4.61. The molecule has 1 saturated heterocycles. The highest BCUT2D eigenvalue weighted by molar-refractivity contribution is 9.09. The molecule has 0 aromatic rings. The quantitative estimate of drug-likeness (QED) is 0.701. The van der Waals surface area contributed by atoms with Gasteiger partial charge in [0.05, 0.1) is 12.7 Å². The third kappa shape index (κ3) is 3.55. The molecule has 1 atom stereocenters. The second kappa shape index (κ2) is 6.37. The van der Waals surface area contributed by atoms with Crippen molar-refractivity contribution in [2.45, 2.75) is 13.0 Å². The topological polar surface area (TPSA) is 38.8 Å². The molecule has 1 aliphatic heterocycles. The van der Waals surface area contributed by atoms with E-state index in [0.717, 1.165) is 5.33 Å². The van der Waals surface area contributed by atoms with Crippen molar-refractivity contribution in [3.63, 3.8) is 0 Å². The van der Waals surface area contributed by atoms with Crippen LogP contribution in [0.4, 0.5) is 0 Å². The fraction of sp³-hybridized carbons (Fsp3) is 0.889. The van der Waals surface area contributed by atoms with E-state index in [1.54, 1.807) is 4.90 Å². The van der Waals surface area contributed by atoms with Gasteiger partial charge in [0.25, 0.3) is 0 Å². The molecule has 0 aliphatic carbocycles. The molecule has 0 N–H and O–H groups in total. The van der Waals surface area contributed by atoms with Gasteiger partial charge in [-0.1, -0.05) is 15.9 Å². The standard InChI is InChI=1S/C9H16BrNO3/c1-2-13-7-9(12)11-3-4-14-8(5-10)6-11/h8H,2-7H2,1H3. The normalized spacial score (nSPS) is 22.4. The van der Waals surface area contributed by atoms with Gasteiger partial charge in [-0.3, -0.25) is 4.79 Å². The van der Waals surface area contributed by atoms with Crippen LogP contribution < -0.4 is 0 Å². The molecule has 1 heterocycles. The molecule has 14 heavy (non-hydrogen) atoms. The van der Waals surface area contributed by atoms with Crippen molar-refractivity contribution in [2.75, 3.05) is 38.2 Å². The minimum atomic E-state index is 0.0566.